The highest BCUT2D eigenvalue weighted by Crippen LogP contribution is 2.33. The summed E-state index contributed by atoms with van der Waals surface area (Å²) in [6.07, 6.45) is 3.80. The number of aromatic amines is 1. The van der Waals surface area contributed by atoms with E-state index in [0.29, 0.717) is 9.14 Å². The van der Waals surface area contributed by atoms with Crippen molar-refractivity contribution in [2.24, 2.45) is 0 Å². The normalized spacial score (nSPS) is 13.1. The van der Waals surface area contributed by atoms with Gasteiger partial charge >= 0.3 is 13.3 Å². The van der Waals surface area contributed by atoms with Crippen LogP contribution in [-0.4, -0.2) is 25.5 Å². The van der Waals surface area contributed by atoms with E-state index in [1.807, 2.05) is 45.2 Å². The van der Waals surface area contributed by atoms with Crippen LogP contribution in [-0.2, 0) is 11.1 Å². The SMILES string of the molecule is O=c1[nH]c(=O)n(C/C=C/CP(=O)(O)O)cc1/C(I)=C\I. The molecule has 0 bridgehead atoms. The van der Waals surface area contributed by atoms with E-state index in [2.05, 4.69) is 4.98 Å². The van der Waals surface area contributed by atoms with Gasteiger partial charge in [0.15, 0.2) is 0 Å². The van der Waals surface area contributed by atoms with E-state index in [-0.39, 0.29) is 12.7 Å². The third-order valence-electron chi connectivity index (χ3n) is 2.18. The lowest BCUT2D eigenvalue weighted by Crippen LogP contribution is -2.30. The lowest BCUT2D eigenvalue weighted by atomic mass is 10.3. The van der Waals surface area contributed by atoms with Crippen LogP contribution >= 0.6 is 52.8 Å². The monoisotopic (exact) mass is 524 g/mol. The zero-order valence-electron chi connectivity index (χ0n) is 9.99. The third kappa shape index (κ3) is 5.64. The van der Waals surface area contributed by atoms with Crippen LogP contribution in [0.15, 0.2) is 32.0 Å². The minimum Gasteiger partial charge on any atom is -0.324 e. The van der Waals surface area contributed by atoms with Gasteiger partial charge < -0.3 is 9.79 Å². The molecule has 0 aromatic carbocycles. The summed E-state index contributed by atoms with van der Waals surface area (Å²) in [4.78, 5) is 42.8. The molecule has 0 saturated heterocycles. The fourth-order valence-corrected chi connectivity index (χ4v) is 2.42. The van der Waals surface area contributed by atoms with E-state index in [4.69, 9.17) is 9.79 Å². The first-order chi connectivity index (χ1) is 9.24. The second-order valence-electron chi connectivity index (χ2n) is 3.73. The minimum absolute atomic E-state index is 0.119. The average molecular weight is 524 g/mol. The molecule has 7 nitrogen and oxygen atoms in total. The fourth-order valence-electron chi connectivity index (χ4n) is 1.27. The smallest absolute Gasteiger partial charge is 0.324 e. The molecular weight excluding hydrogens is 513 g/mol. The molecule has 0 unspecified atom stereocenters. The van der Waals surface area contributed by atoms with Crippen molar-refractivity contribution in [2.75, 3.05) is 6.16 Å². The highest BCUT2D eigenvalue weighted by Gasteiger charge is 2.09. The van der Waals surface area contributed by atoms with E-state index in [1.165, 1.54) is 22.9 Å². The Hall–Kier alpha value is -0.230. The molecule has 1 aromatic heterocycles. The molecule has 20 heavy (non-hydrogen) atoms. The molecule has 110 valence electrons. The molecule has 10 heteroatoms. The Balaban J connectivity index is 3.00. The van der Waals surface area contributed by atoms with Crippen molar-refractivity contribution < 1.29 is 14.4 Å². The first-order valence-corrected chi connectivity index (χ1v) is 9.36. The number of allylic oxidation sites excluding steroid dienone is 2. The maximum absolute atomic E-state index is 11.6. The highest BCUT2D eigenvalue weighted by molar-refractivity contribution is 14.1. The molecule has 0 atom stereocenters. The van der Waals surface area contributed by atoms with Crippen LogP contribution in [0.2, 0.25) is 0 Å². The maximum atomic E-state index is 11.6. The van der Waals surface area contributed by atoms with Gasteiger partial charge in [0, 0.05) is 16.3 Å². The van der Waals surface area contributed by atoms with Gasteiger partial charge in [0.2, 0.25) is 0 Å². The van der Waals surface area contributed by atoms with Crippen LogP contribution in [0.1, 0.15) is 5.56 Å². The minimum atomic E-state index is -4.08. The summed E-state index contributed by atoms with van der Waals surface area (Å²) in [6.45, 7) is 0.119. The molecule has 1 rings (SSSR count). The van der Waals surface area contributed by atoms with Gasteiger partial charge in [-0.15, -0.1) is 0 Å². The molecule has 0 radical (unpaired) electrons. The van der Waals surface area contributed by atoms with Gasteiger partial charge in [0.05, 0.1) is 11.7 Å². The number of hydrogen-bond donors (Lipinski definition) is 3. The van der Waals surface area contributed by atoms with Crippen molar-refractivity contribution in [1.29, 1.82) is 0 Å². The lowest BCUT2D eigenvalue weighted by Gasteiger charge is -2.04. The van der Waals surface area contributed by atoms with Crippen molar-refractivity contribution in [2.45, 2.75) is 6.54 Å². The topological polar surface area (TPSA) is 112 Å². The predicted octanol–water partition coefficient (Wildman–Crippen LogP) is 1.44. The van der Waals surface area contributed by atoms with Crippen molar-refractivity contribution in [3.63, 3.8) is 0 Å². The van der Waals surface area contributed by atoms with Crippen LogP contribution in [0.25, 0.3) is 3.58 Å². The van der Waals surface area contributed by atoms with Crippen LogP contribution < -0.4 is 11.2 Å². The fraction of sp³-hybridized carbons (Fsp3) is 0.200. The molecule has 0 aliphatic rings. The Morgan fingerprint density at radius 1 is 1.40 bits per heavy atom. The van der Waals surface area contributed by atoms with Crippen LogP contribution in [0, 0.1) is 0 Å². The van der Waals surface area contributed by atoms with Crippen LogP contribution in [0.4, 0.5) is 0 Å². The summed E-state index contributed by atoms with van der Waals surface area (Å²) in [5, 5.41) is 0. The number of rotatable bonds is 5. The first kappa shape index (κ1) is 17.8. The molecule has 0 fully saturated rings. The van der Waals surface area contributed by atoms with Crippen molar-refractivity contribution in [3.05, 3.63) is 48.8 Å². The van der Waals surface area contributed by atoms with Gasteiger partial charge in [-0.2, -0.15) is 0 Å². The van der Waals surface area contributed by atoms with Gasteiger partial charge in [-0.3, -0.25) is 18.9 Å². The van der Waals surface area contributed by atoms with Crippen LogP contribution in [0.5, 0.6) is 0 Å². The first-order valence-electron chi connectivity index (χ1n) is 5.24. The summed E-state index contributed by atoms with van der Waals surface area (Å²) in [6, 6.07) is 0. The zero-order chi connectivity index (χ0) is 15.3. The molecule has 0 aliphatic carbocycles. The zero-order valence-corrected chi connectivity index (χ0v) is 15.2. The van der Waals surface area contributed by atoms with Crippen molar-refractivity contribution in [1.82, 2.24) is 9.55 Å². The Kier molecular flexibility index (Phi) is 6.85. The number of nitrogens with zero attached hydrogens (tertiary/aromatic N) is 1. The quantitative estimate of drug-likeness (QED) is 0.307. The highest BCUT2D eigenvalue weighted by atomic mass is 127. The van der Waals surface area contributed by atoms with E-state index in [0.717, 1.165) is 0 Å². The molecule has 1 aromatic rings. The molecule has 0 spiro atoms. The van der Waals surface area contributed by atoms with Gasteiger partial charge in [0.1, 0.15) is 0 Å². The standard InChI is InChI=1S/C10H11I2N2O5P/c11-5-8(12)7-6-14(10(16)13-9(7)15)3-1-2-4-20(17,18)19/h1-2,5-6H,3-4H2,(H,13,15,16)(H2,17,18,19)/b2-1+,8-5+. The summed E-state index contributed by atoms with van der Waals surface area (Å²) in [5.74, 6) is 0. The number of H-pyrrole nitrogens is 1. The van der Waals surface area contributed by atoms with Gasteiger partial charge in [-0.1, -0.05) is 34.7 Å². The molecule has 0 saturated carbocycles. The maximum Gasteiger partial charge on any atom is 0.329 e. The molecule has 3 N–H and O–H groups in total. The Morgan fingerprint density at radius 3 is 2.60 bits per heavy atom. The average Bonchev–Trinajstić information content (AvgIpc) is 2.34. The Labute approximate surface area is 141 Å². The third-order valence-corrected chi connectivity index (χ3v) is 5.57. The number of hydrogen-bond acceptors (Lipinski definition) is 3. The predicted molar refractivity (Wildman–Crippen MR) is 93.4 cm³/mol. The Morgan fingerprint density at radius 2 is 2.05 bits per heavy atom. The van der Waals surface area contributed by atoms with E-state index in [9.17, 15) is 14.2 Å². The van der Waals surface area contributed by atoms with E-state index >= 15 is 0 Å². The van der Waals surface area contributed by atoms with Gasteiger partial charge in [-0.25, -0.2) is 4.79 Å². The summed E-state index contributed by atoms with van der Waals surface area (Å²) >= 11 is 3.97. The number of halogens is 2. The van der Waals surface area contributed by atoms with Gasteiger partial charge in [-0.05, 0) is 26.7 Å². The van der Waals surface area contributed by atoms with Crippen LogP contribution in [0.3, 0.4) is 0 Å². The van der Waals surface area contributed by atoms with E-state index in [1.54, 1.807) is 4.08 Å². The molecule has 0 aliphatic heterocycles. The largest absolute Gasteiger partial charge is 0.329 e. The molecular formula is C10H11I2N2O5P. The van der Waals surface area contributed by atoms with Crippen molar-refractivity contribution in [3.8, 4) is 0 Å². The molecule has 1 heterocycles. The summed E-state index contributed by atoms with van der Waals surface area (Å²) in [7, 11) is -4.08. The second kappa shape index (κ2) is 7.69. The summed E-state index contributed by atoms with van der Waals surface area (Å²) < 4.78 is 14.3. The summed E-state index contributed by atoms with van der Waals surface area (Å²) in [5.41, 5.74) is -0.678. The second-order valence-corrected chi connectivity index (χ2v) is 7.21. The Bertz CT molecular complexity index is 700. The molecule has 0 amide bonds. The number of nitrogens with one attached hydrogen (secondary N) is 1. The van der Waals surface area contributed by atoms with Crippen molar-refractivity contribution >= 4 is 56.4 Å². The van der Waals surface area contributed by atoms with E-state index < -0.39 is 18.8 Å². The number of aromatic nitrogens is 2. The lowest BCUT2D eigenvalue weighted by molar-refractivity contribution is 0.377. The van der Waals surface area contributed by atoms with Gasteiger partial charge in [0.25, 0.3) is 5.56 Å².